The van der Waals surface area contributed by atoms with Crippen LogP contribution in [0.3, 0.4) is 0 Å². The molecule has 0 unspecified atom stereocenters. The topological polar surface area (TPSA) is 112 Å². The molecule has 2 amide bonds. The quantitative estimate of drug-likeness (QED) is 0.711. The Kier molecular flexibility index (Phi) is 7.37. The first-order valence-electron chi connectivity index (χ1n) is 8.46. The first-order chi connectivity index (χ1) is 13.0. The highest BCUT2D eigenvalue weighted by Crippen LogP contribution is 2.27. The van der Waals surface area contributed by atoms with Gasteiger partial charge in [-0.15, -0.1) is 0 Å². The van der Waals surface area contributed by atoms with Crippen LogP contribution < -0.4 is 5.32 Å². The molecule has 9 heteroatoms. The van der Waals surface area contributed by atoms with Crippen LogP contribution in [0.4, 0.5) is 5.69 Å². The van der Waals surface area contributed by atoms with Crippen LogP contribution in [0.15, 0.2) is 29.3 Å². The Hall–Kier alpha value is -2.86. The van der Waals surface area contributed by atoms with Crippen molar-refractivity contribution in [3.63, 3.8) is 0 Å². The molecule has 0 saturated carbocycles. The molecule has 1 aliphatic heterocycles. The average Bonchev–Trinajstić information content (AvgIpc) is 3.01. The van der Waals surface area contributed by atoms with Crippen molar-refractivity contribution < 1.29 is 19.1 Å². The number of benzene rings is 1. The number of amides is 2. The molecule has 0 bridgehead atoms. The van der Waals surface area contributed by atoms with Gasteiger partial charge in [0.15, 0.2) is 11.8 Å². The predicted octanol–water partition coefficient (Wildman–Crippen LogP) is 2.04. The average molecular weight is 388 g/mol. The van der Waals surface area contributed by atoms with E-state index >= 15 is 0 Å². The van der Waals surface area contributed by atoms with Crippen molar-refractivity contribution in [2.75, 3.05) is 25.0 Å². The van der Waals surface area contributed by atoms with Gasteiger partial charge in [-0.25, -0.2) is 4.79 Å². The molecule has 1 aliphatic rings. The van der Waals surface area contributed by atoms with Crippen molar-refractivity contribution in [2.24, 2.45) is 4.99 Å². The van der Waals surface area contributed by atoms with Gasteiger partial charge in [0.05, 0.1) is 5.56 Å². The van der Waals surface area contributed by atoms with E-state index < -0.39 is 11.2 Å². The smallest absolute Gasteiger partial charge is 0.339 e. The molecule has 1 heterocycles. The van der Waals surface area contributed by atoms with Crippen LogP contribution in [0.2, 0.25) is 0 Å². The first-order valence-corrected chi connectivity index (χ1v) is 9.34. The van der Waals surface area contributed by atoms with Gasteiger partial charge in [-0.2, -0.15) is 10.3 Å². The largest absolute Gasteiger partial charge is 0.447 e. The van der Waals surface area contributed by atoms with Crippen molar-refractivity contribution in [3.05, 3.63) is 29.8 Å². The fourth-order valence-electron chi connectivity index (χ4n) is 2.42. The summed E-state index contributed by atoms with van der Waals surface area (Å²) in [6.07, 6.45) is -0.0130. The number of esters is 1. The lowest BCUT2D eigenvalue weighted by molar-refractivity contribution is -0.121. The molecular weight excluding hydrogens is 368 g/mol. The third-order valence-corrected chi connectivity index (χ3v) is 5.00. The summed E-state index contributed by atoms with van der Waals surface area (Å²) < 4.78 is 4.73. The molecule has 0 radical (unpaired) electrons. The monoisotopic (exact) mass is 388 g/mol. The molecule has 27 heavy (non-hydrogen) atoms. The van der Waals surface area contributed by atoms with Gasteiger partial charge >= 0.3 is 5.97 Å². The Morgan fingerprint density at radius 3 is 2.78 bits per heavy atom. The molecule has 0 spiro atoms. The molecule has 1 N–H and O–H groups in total. The number of carbonyl (C=O) groups excluding carboxylic acids is 3. The summed E-state index contributed by atoms with van der Waals surface area (Å²) in [6.45, 7) is 5.09. The van der Waals surface area contributed by atoms with Crippen molar-refractivity contribution in [2.45, 2.75) is 25.5 Å². The number of thioether (sulfide) groups is 1. The van der Waals surface area contributed by atoms with E-state index in [1.54, 1.807) is 18.2 Å². The van der Waals surface area contributed by atoms with Crippen molar-refractivity contribution in [3.8, 4) is 6.07 Å². The summed E-state index contributed by atoms with van der Waals surface area (Å²) in [4.78, 5) is 42.1. The molecule has 142 valence electrons. The molecule has 1 aromatic rings. The summed E-state index contributed by atoms with van der Waals surface area (Å²) in [6, 6.07) is 7.92. The van der Waals surface area contributed by atoms with E-state index in [9.17, 15) is 14.4 Å². The second-order valence-electron chi connectivity index (χ2n) is 5.58. The lowest BCUT2D eigenvalue weighted by Crippen LogP contribution is -2.27. The summed E-state index contributed by atoms with van der Waals surface area (Å²) >= 11 is 1.29. The minimum absolute atomic E-state index is 0.0130. The number of anilines is 1. The standard InChI is InChI=1S/C18H20N4O4S/c1-3-22(4-2)18-21-16(24)14(27-18)11-15(23)20-13-7-5-6-12(10-13)17(25)26-9-8-19/h5-7,10,14H,3-4,9,11H2,1-2H3,(H,20,23)/t14-/m1/s1. The van der Waals surface area contributed by atoms with Crippen LogP contribution in [-0.4, -0.2) is 52.8 Å². The second-order valence-corrected chi connectivity index (χ2v) is 6.75. The molecule has 0 aliphatic carbocycles. The van der Waals surface area contributed by atoms with Crippen molar-refractivity contribution in [1.29, 1.82) is 5.26 Å². The van der Waals surface area contributed by atoms with Gasteiger partial charge in [0, 0.05) is 25.2 Å². The Balaban J connectivity index is 1.94. The molecule has 1 aromatic carbocycles. The number of hydrogen-bond acceptors (Lipinski definition) is 7. The van der Waals surface area contributed by atoms with Crippen LogP contribution in [0, 0.1) is 11.3 Å². The molecule has 0 aromatic heterocycles. The molecule has 8 nitrogen and oxygen atoms in total. The Bertz CT molecular complexity index is 799. The van der Waals surface area contributed by atoms with E-state index in [-0.39, 0.29) is 30.4 Å². The summed E-state index contributed by atoms with van der Waals surface area (Å²) in [5.41, 5.74) is 0.633. The number of hydrogen-bond donors (Lipinski definition) is 1. The Labute approximate surface area is 161 Å². The number of ether oxygens (including phenoxy) is 1. The molecular formula is C18H20N4O4S. The highest BCUT2D eigenvalue weighted by molar-refractivity contribution is 8.15. The third-order valence-electron chi connectivity index (χ3n) is 3.78. The number of carbonyl (C=O) groups is 3. The maximum Gasteiger partial charge on any atom is 0.339 e. The maximum atomic E-state index is 12.3. The van der Waals surface area contributed by atoms with E-state index in [1.807, 2.05) is 18.7 Å². The van der Waals surface area contributed by atoms with Crippen LogP contribution in [0.1, 0.15) is 30.6 Å². The zero-order valence-electron chi connectivity index (χ0n) is 15.1. The van der Waals surface area contributed by atoms with Gasteiger partial charge < -0.3 is 15.0 Å². The van der Waals surface area contributed by atoms with Gasteiger partial charge in [0.2, 0.25) is 5.91 Å². The highest BCUT2D eigenvalue weighted by Gasteiger charge is 2.32. The molecule has 0 fully saturated rings. The summed E-state index contributed by atoms with van der Waals surface area (Å²) in [7, 11) is 0. The van der Waals surface area contributed by atoms with Crippen LogP contribution in [0.5, 0.6) is 0 Å². The van der Waals surface area contributed by atoms with Crippen LogP contribution in [-0.2, 0) is 14.3 Å². The lowest BCUT2D eigenvalue weighted by Gasteiger charge is -2.19. The number of nitrogens with one attached hydrogen (secondary N) is 1. The number of rotatable bonds is 7. The van der Waals surface area contributed by atoms with Gasteiger partial charge in [0.25, 0.3) is 5.91 Å². The van der Waals surface area contributed by atoms with E-state index in [0.717, 1.165) is 13.1 Å². The fraction of sp³-hybridized carbons (Fsp3) is 0.389. The van der Waals surface area contributed by atoms with Crippen molar-refractivity contribution in [1.82, 2.24) is 4.90 Å². The van der Waals surface area contributed by atoms with Crippen molar-refractivity contribution >= 4 is 40.4 Å². The predicted molar refractivity (Wildman–Crippen MR) is 102 cm³/mol. The first kappa shape index (κ1) is 20.5. The Morgan fingerprint density at radius 1 is 1.37 bits per heavy atom. The van der Waals surface area contributed by atoms with Gasteiger partial charge in [-0.3, -0.25) is 9.59 Å². The SMILES string of the molecule is CCN(CC)C1=NC(=O)[C@@H](CC(=O)Nc2cccc(C(=O)OCC#N)c2)S1. The number of amidine groups is 1. The number of nitriles is 1. The fourth-order valence-corrected chi connectivity index (χ4v) is 3.62. The van der Waals surface area contributed by atoms with Gasteiger partial charge in [-0.05, 0) is 32.0 Å². The zero-order valence-corrected chi connectivity index (χ0v) is 15.9. The third kappa shape index (κ3) is 5.56. The van der Waals surface area contributed by atoms with E-state index in [4.69, 9.17) is 10.00 Å². The number of aliphatic imine (C=N–C) groups is 1. The maximum absolute atomic E-state index is 12.3. The zero-order chi connectivity index (χ0) is 19.8. The second kappa shape index (κ2) is 9.73. The Morgan fingerprint density at radius 2 is 2.11 bits per heavy atom. The summed E-state index contributed by atoms with van der Waals surface area (Å²) in [5, 5.41) is 11.2. The lowest BCUT2D eigenvalue weighted by atomic mass is 10.2. The van der Waals surface area contributed by atoms with Crippen LogP contribution >= 0.6 is 11.8 Å². The van der Waals surface area contributed by atoms with Crippen LogP contribution in [0.25, 0.3) is 0 Å². The number of nitrogens with zero attached hydrogens (tertiary/aromatic N) is 3. The van der Waals surface area contributed by atoms with E-state index in [1.165, 1.54) is 23.9 Å². The molecule has 2 rings (SSSR count). The molecule has 0 saturated heterocycles. The summed E-state index contributed by atoms with van der Waals surface area (Å²) in [5.74, 6) is -1.31. The van der Waals surface area contributed by atoms with Gasteiger partial charge in [-0.1, -0.05) is 17.8 Å². The minimum Gasteiger partial charge on any atom is -0.447 e. The normalized spacial score (nSPS) is 15.7. The van der Waals surface area contributed by atoms with E-state index in [2.05, 4.69) is 10.3 Å². The molecule has 1 atom stereocenters. The minimum atomic E-state index is -0.647. The van der Waals surface area contributed by atoms with E-state index in [0.29, 0.717) is 10.9 Å². The van der Waals surface area contributed by atoms with Gasteiger partial charge in [0.1, 0.15) is 11.3 Å². The highest BCUT2D eigenvalue weighted by atomic mass is 32.2.